The molecule has 1 aliphatic rings. The van der Waals surface area contributed by atoms with Crippen LogP contribution in [0.25, 0.3) is 0 Å². The van der Waals surface area contributed by atoms with Crippen molar-refractivity contribution in [3.8, 4) is 0 Å². The van der Waals surface area contributed by atoms with E-state index in [1.165, 1.54) is 25.7 Å². The Hall–Kier alpha value is -0.120. The maximum absolute atomic E-state index is 9.44. The van der Waals surface area contributed by atoms with Gasteiger partial charge in [0.1, 0.15) is 0 Å². The number of aliphatic hydroxyl groups excluding tert-OH is 1. The summed E-state index contributed by atoms with van der Waals surface area (Å²) in [6.07, 6.45) is 5.08. The molecule has 0 aromatic rings. The highest BCUT2D eigenvalue weighted by atomic mass is 16.5. The second-order valence-corrected chi connectivity index (χ2v) is 4.91. The third-order valence-electron chi connectivity index (χ3n) is 3.22. The molecule has 0 saturated heterocycles. The fourth-order valence-electron chi connectivity index (χ4n) is 2.45. The molecule has 1 aliphatic carbocycles. The normalized spacial score (nSPS) is 29.0. The average Bonchev–Trinajstić information content (AvgIpc) is 2.18. The lowest BCUT2D eigenvalue weighted by atomic mass is 9.82. The number of nitrogens with one attached hydrogen (secondary N) is 1. The van der Waals surface area contributed by atoms with Crippen molar-refractivity contribution in [1.82, 2.24) is 5.32 Å². The van der Waals surface area contributed by atoms with Gasteiger partial charge in [-0.1, -0.05) is 19.8 Å². The second kappa shape index (κ2) is 7.20. The van der Waals surface area contributed by atoms with E-state index in [1.807, 2.05) is 0 Å². The van der Waals surface area contributed by atoms with Crippen LogP contribution in [0.3, 0.4) is 0 Å². The monoisotopic (exact) mass is 215 g/mol. The van der Waals surface area contributed by atoms with E-state index in [0.717, 1.165) is 18.4 Å². The van der Waals surface area contributed by atoms with E-state index < -0.39 is 0 Å². The molecule has 3 atom stereocenters. The molecule has 0 aromatic heterocycles. The molecule has 0 aliphatic heterocycles. The first-order valence-corrected chi connectivity index (χ1v) is 6.10. The van der Waals surface area contributed by atoms with Crippen LogP contribution in [0.2, 0.25) is 0 Å². The molecule has 1 saturated carbocycles. The van der Waals surface area contributed by atoms with Gasteiger partial charge in [0, 0.05) is 13.7 Å². The molecule has 3 heteroatoms. The van der Waals surface area contributed by atoms with Crippen LogP contribution >= 0.6 is 0 Å². The fourth-order valence-corrected chi connectivity index (χ4v) is 2.45. The van der Waals surface area contributed by atoms with Crippen LogP contribution in [0.4, 0.5) is 0 Å². The van der Waals surface area contributed by atoms with E-state index in [2.05, 4.69) is 12.2 Å². The Kier molecular flexibility index (Phi) is 6.22. The average molecular weight is 215 g/mol. The molecule has 1 rings (SSSR count). The van der Waals surface area contributed by atoms with Crippen LogP contribution in [0.1, 0.15) is 32.6 Å². The van der Waals surface area contributed by atoms with E-state index >= 15 is 0 Å². The molecule has 0 aromatic carbocycles. The molecule has 1 fully saturated rings. The third-order valence-corrected chi connectivity index (χ3v) is 3.22. The molecule has 15 heavy (non-hydrogen) atoms. The lowest BCUT2D eigenvalue weighted by Crippen LogP contribution is -2.34. The Morgan fingerprint density at radius 2 is 2.27 bits per heavy atom. The van der Waals surface area contributed by atoms with Gasteiger partial charge in [-0.3, -0.25) is 0 Å². The molecular formula is C12H25NO2. The standard InChI is InChI=1S/C12H25NO2/c1-10-4-3-5-11(6-10)7-13-8-12(14)9-15-2/h10-14H,3-9H2,1-2H3. The van der Waals surface area contributed by atoms with Gasteiger partial charge in [-0.2, -0.15) is 0 Å². The van der Waals surface area contributed by atoms with Crippen molar-refractivity contribution in [3.63, 3.8) is 0 Å². The largest absolute Gasteiger partial charge is 0.389 e. The van der Waals surface area contributed by atoms with Crippen molar-refractivity contribution in [1.29, 1.82) is 0 Å². The van der Waals surface area contributed by atoms with Crippen molar-refractivity contribution >= 4 is 0 Å². The highest BCUT2D eigenvalue weighted by Crippen LogP contribution is 2.27. The smallest absolute Gasteiger partial charge is 0.0897 e. The summed E-state index contributed by atoms with van der Waals surface area (Å²) in [7, 11) is 1.62. The number of methoxy groups -OCH3 is 1. The summed E-state index contributed by atoms with van der Waals surface area (Å²) in [6.45, 7) is 4.46. The number of rotatable bonds is 6. The van der Waals surface area contributed by atoms with Crippen molar-refractivity contribution in [2.75, 3.05) is 26.8 Å². The highest BCUT2D eigenvalue weighted by Gasteiger charge is 2.18. The Morgan fingerprint density at radius 1 is 1.47 bits per heavy atom. The van der Waals surface area contributed by atoms with E-state index in [-0.39, 0.29) is 6.10 Å². The van der Waals surface area contributed by atoms with Gasteiger partial charge < -0.3 is 15.2 Å². The quantitative estimate of drug-likeness (QED) is 0.704. The van der Waals surface area contributed by atoms with Crippen molar-refractivity contribution < 1.29 is 9.84 Å². The molecule has 0 amide bonds. The summed E-state index contributed by atoms with van der Waals surface area (Å²) < 4.78 is 4.87. The topological polar surface area (TPSA) is 41.5 Å². The lowest BCUT2D eigenvalue weighted by molar-refractivity contribution is 0.0634. The van der Waals surface area contributed by atoms with E-state index in [1.54, 1.807) is 7.11 Å². The minimum atomic E-state index is -0.365. The zero-order valence-corrected chi connectivity index (χ0v) is 10.0. The zero-order valence-electron chi connectivity index (χ0n) is 10.0. The van der Waals surface area contributed by atoms with E-state index in [9.17, 15) is 5.11 Å². The van der Waals surface area contributed by atoms with Gasteiger partial charge in [-0.25, -0.2) is 0 Å². The first-order valence-electron chi connectivity index (χ1n) is 6.10. The maximum atomic E-state index is 9.44. The predicted molar refractivity (Wildman–Crippen MR) is 61.9 cm³/mol. The minimum absolute atomic E-state index is 0.365. The van der Waals surface area contributed by atoms with E-state index in [0.29, 0.717) is 13.2 Å². The SMILES string of the molecule is COCC(O)CNCC1CCCC(C)C1. The highest BCUT2D eigenvalue weighted by molar-refractivity contribution is 4.72. The predicted octanol–water partition coefficient (Wildman–Crippen LogP) is 1.41. The van der Waals surface area contributed by atoms with Gasteiger partial charge in [-0.15, -0.1) is 0 Å². The summed E-state index contributed by atoms with van der Waals surface area (Å²) in [5.41, 5.74) is 0. The van der Waals surface area contributed by atoms with Gasteiger partial charge in [0.2, 0.25) is 0 Å². The Bertz CT molecular complexity index is 164. The zero-order chi connectivity index (χ0) is 11.1. The number of hydrogen-bond acceptors (Lipinski definition) is 3. The Labute approximate surface area is 93.2 Å². The van der Waals surface area contributed by atoms with Gasteiger partial charge >= 0.3 is 0 Å². The number of ether oxygens (including phenoxy) is 1. The van der Waals surface area contributed by atoms with Crippen molar-refractivity contribution in [2.24, 2.45) is 11.8 Å². The van der Waals surface area contributed by atoms with Crippen LogP contribution in [0, 0.1) is 11.8 Å². The van der Waals surface area contributed by atoms with Crippen LogP contribution in [-0.4, -0.2) is 38.0 Å². The molecule has 0 heterocycles. The summed E-state index contributed by atoms with van der Waals surface area (Å²) in [4.78, 5) is 0. The van der Waals surface area contributed by atoms with Crippen LogP contribution in [-0.2, 0) is 4.74 Å². The maximum Gasteiger partial charge on any atom is 0.0897 e. The summed E-state index contributed by atoms with van der Waals surface area (Å²) in [5.74, 6) is 1.69. The molecule has 2 N–H and O–H groups in total. The minimum Gasteiger partial charge on any atom is -0.389 e. The van der Waals surface area contributed by atoms with Crippen LogP contribution in [0.5, 0.6) is 0 Å². The lowest BCUT2D eigenvalue weighted by Gasteiger charge is -2.27. The summed E-state index contributed by atoms with van der Waals surface area (Å²) in [6, 6.07) is 0. The third kappa shape index (κ3) is 5.50. The van der Waals surface area contributed by atoms with E-state index in [4.69, 9.17) is 4.74 Å². The second-order valence-electron chi connectivity index (χ2n) is 4.91. The number of hydrogen-bond donors (Lipinski definition) is 2. The molecular weight excluding hydrogens is 190 g/mol. The molecule has 3 nitrogen and oxygen atoms in total. The fraction of sp³-hybridized carbons (Fsp3) is 1.00. The molecule has 0 bridgehead atoms. The van der Waals surface area contributed by atoms with Gasteiger partial charge in [0.15, 0.2) is 0 Å². The summed E-state index contributed by atoms with van der Waals surface area (Å²) in [5, 5.41) is 12.8. The molecule has 0 spiro atoms. The van der Waals surface area contributed by atoms with Gasteiger partial charge in [-0.05, 0) is 31.2 Å². The van der Waals surface area contributed by atoms with Gasteiger partial charge in [0.25, 0.3) is 0 Å². The van der Waals surface area contributed by atoms with Crippen molar-refractivity contribution in [3.05, 3.63) is 0 Å². The van der Waals surface area contributed by atoms with Crippen molar-refractivity contribution in [2.45, 2.75) is 38.7 Å². The van der Waals surface area contributed by atoms with Crippen LogP contribution in [0.15, 0.2) is 0 Å². The van der Waals surface area contributed by atoms with Crippen LogP contribution < -0.4 is 5.32 Å². The first kappa shape index (κ1) is 12.9. The molecule has 3 unspecified atom stereocenters. The first-order chi connectivity index (χ1) is 7.22. The Morgan fingerprint density at radius 3 is 2.93 bits per heavy atom. The van der Waals surface area contributed by atoms with Gasteiger partial charge in [0.05, 0.1) is 12.7 Å². The summed E-state index contributed by atoms with van der Waals surface area (Å²) >= 11 is 0. The molecule has 90 valence electrons. The number of aliphatic hydroxyl groups is 1. The molecule has 0 radical (unpaired) electrons. The Balaban J connectivity index is 2.03.